The van der Waals surface area contributed by atoms with E-state index in [0.29, 0.717) is 11.7 Å². The molecule has 0 saturated carbocycles. The molecule has 2 N–H and O–H groups in total. The minimum Gasteiger partial charge on any atom is -0.350 e. The Morgan fingerprint density at radius 3 is 2.68 bits per heavy atom. The molecule has 0 aromatic carbocycles. The van der Waals surface area contributed by atoms with Crippen molar-refractivity contribution in [2.45, 2.75) is 32.7 Å². The van der Waals surface area contributed by atoms with Gasteiger partial charge in [-0.1, -0.05) is 24.3 Å². The maximum Gasteiger partial charge on any atom is 0.226 e. The molecule has 0 saturated heterocycles. The van der Waals surface area contributed by atoms with Gasteiger partial charge in [0.25, 0.3) is 0 Å². The van der Waals surface area contributed by atoms with Crippen LogP contribution in [0, 0.1) is 0 Å². The van der Waals surface area contributed by atoms with E-state index >= 15 is 0 Å². The van der Waals surface area contributed by atoms with Crippen molar-refractivity contribution in [1.29, 1.82) is 0 Å². The molecule has 2 aromatic rings. The number of hydrogen-bond donors (Lipinski definition) is 2. The Kier molecular flexibility index (Phi) is 5.96. The molecule has 116 valence electrons. The molecule has 0 fully saturated rings. The van der Waals surface area contributed by atoms with Crippen molar-refractivity contribution < 1.29 is 9.59 Å². The molecule has 0 aliphatic rings. The molecule has 0 atom stereocenters. The van der Waals surface area contributed by atoms with Gasteiger partial charge in [0.1, 0.15) is 5.01 Å². The third kappa shape index (κ3) is 5.21. The van der Waals surface area contributed by atoms with E-state index in [-0.39, 0.29) is 24.7 Å². The van der Waals surface area contributed by atoms with Crippen LogP contribution < -0.4 is 10.6 Å². The predicted octanol–water partition coefficient (Wildman–Crippen LogP) is 1.53. The van der Waals surface area contributed by atoms with E-state index in [9.17, 15) is 9.59 Å². The molecule has 2 heterocycles. The fourth-order valence-corrected chi connectivity index (χ4v) is 2.33. The minimum absolute atomic E-state index is 0.106. The first-order chi connectivity index (χ1) is 10.7. The van der Waals surface area contributed by atoms with Crippen LogP contribution in [-0.2, 0) is 22.6 Å². The maximum atomic E-state index is 11.7. The van der Waals surface area contributed by atoms with Gasteiger partial charge in [0, 0.05) is 19.0 Å². The molecule has 0 aliphatic carbocycles. The van der Waals surface area contributed by atoms with Gasteiger partial charge in [0.15, 0.2) is 0 Å². The zero-order chi connectivity index (χ0) is 15.8. The van der Waals surface area contributed by atoms with Crippen LogP contribution in [0.4, 0.5) is 5.13 Å². The monoisotopic (exact) mass is 319 g/mol. The lowest BCUT2D eigenvalue weighted by Gasteiger charge is -2.04. The van der Waals surface area contributed by atoms with Crippen molar-refractivity contribution in [3.05, 3.63) is 35.1 Å². The highest BCUT2D eigenvalue weighted by Crippen LogP contribution is 2.15. The number of anilines is 1. The second kappa shape index (κ2) is 8.18. The number of nitrogens with one attached hydrogen (secondary N) is 2. The van der Waals surface area contributed by atoms with Gasteiger partial charge in [-0.25, -0.2) is 0 Å². The quantitative estimate of drug-likeness (QED) is 0.806. The van der Waals surface area contributed by atoms with E-state index in [0.717, 1.165) is 17.1 Å². The summed E-state index contributed by atoms with van der Waals surface area (Å²) in [6.45, 7) is 2.33. The van der Waals surface area contributed by atoms with Gasteiger partial charge < -0.3 is 10.6 Å². The Bertz CT molecular complexity index is 629. The van der Waals surface area contributed by atoms with Crippen LogP contribution in [-0.4, -0.2) is 27.0 Å². The smallest absolute Gasteiger partial charge is 0.226 e. The first kappa shape index (κ1) is 16.0. The van der Waals surface area contributed by atoms with E-state index in [2.05, 4.69) is 25.8 Å². The maximum absolute atomic E-state index is 11.7. The molecular formula is C14H17N5O2S. The largest absolute Gasteiger partial charge is 0.350 e. The van der Waals surface area contributed by atoms with Crippen LogP contribution in [0.5, 0.6) is 0 Å². The lowest BCUT2D eigenvalue weighted by atomic mass is 10.2. The number of hydrogen-bond acceptors (Lipinski definition) is 6. The van der Waals surface area contributed by atoms with Gasteiger partial charge in [-0.3, -0.25) is 14.6 Å². The van der Waals surface area contributed by atoms with Crippen LogP contribution >= 0.6 is 11.3 Å². The zero-order valence-electron chi connectivity index (χ0n) is 12.2. The average Bonchev–Trinajstić information content (AvgIpc) is 2.99. The van der Waals surface area contributed by atoms with Crippen molar-refractivity contribution >= 4 is 28.3 Å². The average molecular weight is 319 g/mol. The Hall–Kier alpha value is -2.35. The minimum atomic E-state index is -0.244. The molecule has 0 radical (unpaired) electrons. The summed E-state index contributed by atoms with van der Waals surface area (Å²) in [7, 11) is 0. The molecule has 2 aromatic heterocycles. The fourth-order valence-electron chi connectivity index (χ4n) is 1.64. The first-order valence-electron chi connectivity index (χ1n) is 6.96. The van der Waals surface area contributed by atoms with Crippen LogP contribution in [0.25, 0.3) is 0 Å². The number of carbonyl (C=O) groups is 2. The Labute approximate surface area is 132 Å². The van der Waals surface area contributed by atoms with Gasteiger partial charge in [-0.05, 0) is 18.6 Å². The number of aromatic nitrogens is 3. The summed E-state index contributed by atoms with van der Waals surface area (Å²) in [5, 5.41) is 14.5. The standard InChI is InChI=1S/C14H17N5O2S/c1-2-13-18-19-14(22-13)17-12(21)7-6-11(20)16-9-10-5-3-4-8-15-10/h3-5,8H,2,6-7,9H2,1H3,(H,16,20)(H,17,19,21). The molecule has 0 aliphatic heterocycles. The molecule has 8 heteroatoms. The van der Waals surface area contributed by atoms with Gasteiger partial charge in [-0.2, -0.15) is 0 Å². The third-order valence-electron chi connectivity index (χ3n) is 2.79. The number of carbonyl (C=O) groups excluding carboxylic acids is 2. The molecule has 0 unspecified atom stereocenters. The molecular weight excluding hydrogens is 302 g/mol. The number of pyridine rings is 1. The van der Waals surface area contributed by atoms with E-state index in [1.807, 2.05) is 25.1 Å². The van der Waals surface area contributed by atoms with Crippen molar-refractivity contribution in [3.63, 3.8) is 0 Å². The number of rotatable bonds is 7. The van der Waals surface area contributed by atoms with E-state index in [1.54, 1.807) is 6.20 Å². The van der Waals surface area contributed by atoms with Gasteiger partial charge >= 0.3 is 0 Å². The van der Waals surface area contributed by atoms with Gasteiger partial charge in [-0.15, -0.1) is 10.2 Å². The van der Waals surface area contributed by atoms with Crippen LogP contribution in [0.1, 0.15) is 30.5 Å². The van der Waals surface area contributed by atoms with Crippen molar-refractivity contribution in [3.8, 4) is 0 Å². The highest BCUT2D eigenvalue weighted by Gasteiger charge is 2.10. The summed E-state index contributed by atoms with van der Waals surface area (Å²) in [4.78, 5) is 27.5. The second-order valence-electron chi connectivity index (χ2n) is 4.50. The summed E-state index contributed by atoms with van der Waals surface area (Å²) in [6, 6.07) is 5.50. The summed E-state index contributed by atoms with van der Waals surface area (Å²) in [5.74, 6) is -0.431. The molecule has 2 rings (SSSR count). The van der Waals surface area contributed by atoms with Gasteiger partial charge in [0.05, 0.1) is 12.2 Å². The lowest BCUT2D eigenvalue weighted by Crippen LogP contribution is -2.24. The van der Waals surface area contributed by atoms with Crippen LogP contribution in [0.2, 0.25) is 0 Å². The number of amides is 2. The highest BCUT2D eigenvalue weighted by molar-refractivity contribution is 7.15. The number of aryl methyl sites for hydroxylation is 1. The topological polar surface area (TPSA) is 96.9 Å². The summed E-state index contributed by atoms with van der Waals surface area (Å²) in [6.07, 6.45) is 2.68. The Morgan fingerprint density at radius 1 is 1.18 bits per heavy atom. The van der Waals surface area contributed by atoms with Crippen molar-refractivity contribution in [2.75, 3.05) is 5.32 Å². The van der Waals surface area contributed by atoms with Crippen molar-refractivity contribution in [1.82, 2.24) is 20.5 Å². The lowest BCUT2D eigenvalue weighted by molar-refractivity contribution is -0.124. The van der Waals surface area contributed by atoms with E-state index in [1.165, 1.54) is 11.3 Å². The molecule has 2 amide bonds. The second-order valence-corrected chi connectivity index (χ2v) is 5.56. The summed E-state index contributed by atoms with van der Waals surface area (Å²) in [5.41, 5.74) is 0.779. The zero-order valence-corrected chi connectivity index (χ0v) is 13.0. The van der Waals surface area contributed by atoms with Crippen LogP contribution in [0.3, 0.4) is 0 Å². The van der Waals surface area contributed by atoms with Crippen molar-refractivity contribution in [2.24, 2.45) is 0 Å². The highest BCUT2D eigenvalue weighted by atomic mass is 32.1. The van der Waals surface area contributed by atoms with E-state index in [4.69, 9.17) is 0 Å². The SMILES string of the molecule is CCc1nnc(NC(=O)CCC(=O)NCc2ccccn2)s1. The molecule has 22 heavy (non-hydrogen) atoms. The summed E-state index contributed by atoms with van der Waals surface area (Å²) < 4.78 is 0. The fraction of sp³-hybridized carbons (Fsp3) is 0.357. The first-order valence-corrected chi connectivity index (χ1v) is 7.78. The van der Waals surface area contributed by atoms with Crippen LogP contribution in [0.15, 0.2) is 24.4 Å². The summed E-state index contributed by atoms with van der Waals surface area (Å²) >= 11 is 1.34. The third-order valence-corrected chi connectivity index (χ3v) is 3.77. The Balaban J connectivity index is 1.68. The molecule has 7 nitrogen and oxygen atoms in total. The normalized spacial score (nSPS) is 10.2. The molecule has 0 spiro atoms. The molecule has 0 bridgehead atoms. The van der Waals surface area contributed by atoms with Gasteiger partial charge in [0.2, 0.25) is 16.9 Å². The van der Waals surface area contributed by atoms with E-state index < -0.39 is 0 Å². The number of nitrogens with zero attached hydrogens (tertiary/aromatic N) is 3. The predicted molar refractivity (Wildman–Crippen MR) is 83.2 cm³/mol. The Morgan fingerprint density at radius 2 is 2.00 bits per heavy atom.